The van der Waals surface area contributed by atoms with Gasteiger partial charge in [0.05, 0.1) is 43.2 Å². The van der Waals surface area contributed by atoms with Crippen molar-refractivity contribution in [2.75, 3.05) is 113 Å². The summed E-state index contributed by atoms with van der Waals surface area (Å²) in [7, 11) is -8.52. The van der Waals surface area contributed by atoms with Crippen LogP contribution >= 0.6 is 11.6 Å². The number of aromatic amines is 2. The number of sulfone groups is 2. The van der Waals surface area contributed by atoms with Crippen molar-refractivity contribution in [2.45, 2.75) is 192 Å². The number of carbonyl (C=O) groups excluding carboxylic acids is 2. The van der Waals surface area contributed by atoms with Gasteiger partial charge in [-0.1, -0.05) is 83.4 Å². The van der Waals surface area contributed by atoms with E-state index in [2.05, 4.69) is 81.1 Å². The number of ketones is 2. The molecule has 24 nitrogen and oxygen atoms in total. The molecule has 0 amide bonds. The third-order valence-corrected chi connectivity index (χ3v) is 32.8. The second-order valence-electron chi connectivity index (χ2n) is 39.0. The van der Waals surface area contributed by atoms with Crippen molar-refractivity contribution in [2.24, 2.45) is 44.8 Å². The number of pyridine rings is 2. The largest absolute Gasteiger partial charge is 0.455 e. The number of nitrogens with zero attached hydrogens (tertiary/aromatic N) is 8. The summed E-state index contributed by atoms with van der Waals surface area (Å²) in [6.45, 7) is 26.0. The lowest BCUT2D eigenvalue weighted by Gasteiger charge is -2.75. The van der Waals surface area contributed by atoms with Gasteiger partial charge in [-0.25, -0.2) is 26.8 Å². The van der Waals surface area contributed by atoms with Crippen LogP contribution in [0, 0.1) is 65.1 Å². The summed E-state index contributed by atoms with van der Waals surface area (Å²) in [5.41, 5.74) is 12.6. The molecule has 4 bridgehead atoms. The number of ether oxygens (including phenoxy) is 4. The number of nitrogens with one attached hydrogen (secondary N) is 2. The van der Waals surface area contributed by atoms with Gasteiger partial charge in [-0.05, 0) is 234 Å². The minimum Gasteiger partial charge on any atom is -0.455 e. The number of carbonyl (C=O) groups is 2. The lowest BCUT2D eigenvalue weighted by molar-refractivity contribution is -0.385. The number of Topliss-reactive ketones (excluding diaryl/α,β-unsaturated/α-hetero) is 2. The van der Waals surface area contributed by atoms with Crippen molar-refractivity contribution >= 4 is 87.7 Å². The number of alkyl halides is 1. The van der Waals surface area contributed by atoms with Crippen LogP contribution < -0.4 is 19.3 Å². The van der Waals surface area contributed by atoms with E-state index in [9.17, 15) is 46.7 Å². The highest BCUT2D eigenvalue weighted by Crippen LogP contribution is 2.80. The monoisotopic (exact) mass is 1730 g/mol. The number of H-pyrrole nitrogens is 2. The number of hydrogen-bond donors (Lipinski definition) is 2. The zero-order valence-corrected chi connectivity index (χ0v) is 73.6. The van der Waals surface area contributed by atoms with Gasteiger partial charge in [0.2, 0.25) is 0 Å². The van der Waals surface area contributed by atoms with Gasteiger partial charge in [0, 0.05) is 167 Å². The van der Waals surface area contributed by atoms with Crippen LogP contribution in [0.1, 0.15) is 196 Å². The first kappa shape index (κ1) is 87.6. The van der Waals surface area contributed by atoms with E-state index in [4.69, 9.17) is 30.5 Å². The minimum atomic E-state index is -4.26. The smallest absolute Gasteiger partial charge is 0.273 e. The SMILES string of the molecule is C.CC(C)C12CC(C3=C(CN4CCN(c5ccc(C(=O)CS(=O)(=O)c6ccc(CCC7CCOCC7)c([N+](=O)[O-])c6)c(Oc6cnc7[nH]ccc7c6)c5)CC4)CCC(C)(C)C3)(C1)C2.CC1(C)CCC(CN2CCN(c3ccc(C(=O)CS(=O)(=O)c4ccc(CCC5CCOCC5)c([N+](=O)[O-])c4)c(Oc4cnc5[nH]ccc5c4)c3)CC2)=C(C23CC(Cl)(C2)C3)C1. The van der Waals surface area contributed by atoms with Gasteiger partial charge in [-0.3, -0.25) is 39.6 Å². The molecular weight excluding hydrogens is 1620 g/mol. The summed E-state index contributed by atoms with van der Waals surface area (Å²) in [6.07, 6.45) is 27.4. The number of halogens is 1. The third-order valence-electron chi connectivity index (χ3n) is 29.1. The fourth-order valence-corrected chi connectivity index (χ4v) is 25.0. The average Bonchev–Trinajstić information content (AvgIpc) is 0.968. The van der Waals surface area contributed by atoms with Crippen LogP contribution in [0.25, 0.3) is 22.1 Å². The maximum absolute atomic E-state index is 14.1. The zero-order valence-electron chi connectivity index (χ0n) is 71.2. The minimum absolute atomic E-state index is 0. The number of aryl methyl sites for hydroxylation is 2. The van der Waals surface area contributed by atoms with E-state index < -0.39 is 52.6 Å². The lowest BCUT2D eigenvalue weighted by atomic mass is 9.29. The Morgan fingerprint density at radius 1 is 0.553 bits per heavy atom. The molecule has 4 saturated heterocycles. The Hall–Kier alpha value is -8.89. The van der Waals surface area contributed by atoms with E-state index >= 15 is 0 Å². The van der Waals surface area contributed by atoms with Gasteiger partial charge in [0.1, 0.15) is 45.8 Å². The van der Waals surface area contributed by atoms with Crippen LogP contribution in [0.2, 0.25) is 0 Å². The molecule has 4 aliphatic heterocycles. The highest BCUT2D eigenvalue weighted by Gasteiger charge is 2.71. The first-order valence-corrected chi connectivity index (χ1v) is 47.7. The highest BCUT2D eigenvalue weighted by molar-refractivity contribution is 7.92. The quantitative estimate of drug-likeness (QED) is 0.0145. The van der Waals surface area contributed by atoms with Gasteiger partial charge < -0.3 is 38.7 Å². The van der Waals surface area contributed by atoms with E-state index in [0.29, 0.717) is 112 Å². The molecule has 6 saturated carbocycles. The van der Waals surface area contributed by atoms with E-state index in [1.165, 1.54) is 75.6 Å². The number of fused-ring (bicyclic) bond motifs is 2. The van der Waals surface area contributed by atoms with Crippen LogP contribution in [0.15, 0.2) is 154 Å². The van der Waals surface area contributed by atoms with Crippen LogP contribution in [0.3, 0.4) is 0 Å². The maximum Gasteiger partial charge on any atom is 0.273 e. The second-order valence-corrected chi connectivity index (χ2v) is 43.8. The molecule has 27 heteroatoms. The van der Waals surface area contributed by atoms with E-state index in [-0.39, 0.29) is 56.1 Å². The van der Waals surface area contributed by atoms with E-state index in [1.54, 1.807) is 59.2 Å². The third kappa shape index (κ3) is 18.7. The number of nitro benzene ring substituents is 2. The number of hydrogen-bond acceptors (Lipinski definition) is 20. The molecule has 8 aliphatic carbocycles. The van der Waals surface area contributed by atoms with Crippen molar-refractivity contribution in [1.82, 2.24) is 29.7 Å². The maximum atomic E-state index is 14.1. The second kappa shape index (κ2) is 34.8. The van der Waals surface area contributed by atoms with Crippen LogP contribution in [0.4, 0.5) is 22.7 Å². The van der Waals surface area contributed by atoms with E-state index in [0.717, 1.165) is 170 Å². The highest BCUT2D eigenvalue weighted by atomic mass is 35.5. The number of anilines is 2. The van der Waals surface area contributed by atoms with Crippen LogP contribution in [0.5, 0.6) is 23.0 Å². The summed E-state index contributed by atoms with van der Waals surface area (Å²) in [5, 5.41) is 25.9. The number of rotatable bonds is 29. The standard InChI is InChI=1S/C49H61N5O7S.C46H54ClN5O7S.CH4/c1-33(2)48-30-49(31-48,32-48)42-26-47(3,4)15-11-37(42)28-52-17-19-53(20-18-52)38-8-10-41(45(24-38)61-39-23-36-12-16-50-46(36)51-27-39)44(55)29-62(58,59)40-9-7-35(43(25-40)54(56)57)6-5-34-13-21-60-22-14-34;1-44(2)13-9-34(39(24-44)45-28-46(47,29-45)30-45)26-50-15-17-51(18-16-50)35-6-8-38(42(22-35)59-36-21-33-10-14-48-43(33)49-25-36)41(53)27-60(56,57)37-7-5-32(40(23-37)52(54)55)4-3-31-11-19-58-20-12-31;/h7-10,12,16,23-25,27,33-34H,5-6,11,13-15,17-22,26,28-32H2,1-4H3,(H,50,51);5-8,10,14,21-23,25,31H,3-4,9,11-13,15-20,24,26-30H2,1-2H3,(H,48,49);1H4. The summed E-state index contributed by atoms with van der Waals surface area (Å²) in [6, 6.07) is 26.0. The normalized spacial score (nSPS) is 24.2. The summed E-state index contributed by atoms with van der Waals surface area (Å²) < 4.78 is 78.9. The van der Waals surface area contributed by atoms with Gasteiger partial charge in [0.15, 0.2) is 31.2 Å². The Morgan fingerprint density at radius 2 is 0.951 bits per heavy atom. The first-order chi connectivity index (χ1) is 58.3. The summed E-state index contributed by atoms with van der Waals surface area (Å²) >= 11 is 6.75. The Morgan fingerprint density at radius 3 is 1.33 bits per heavy atom. The Kier molecular flexibility index (Phi) is 24.8. The molecule has 0 radical (unpaired) electrons. The fraction of sp³-hybridized carbons (Fsp3) is 0.542. The first-order valence-electron chi connectivity index (χ1n) is 44.1. The van der Waals surface area contributed by atoms with Crippen molar-refractivity contribution in [1.29, 1.82) is 0 Å². The molecule has 8 aromatic rings. The summed E-state index contributed by atoms with van der Waals surface area (Å²) in [4.78, 5) is 75.6. The molecule has 656 valence electrons. The van der Waals surface area contributed by atoms with Gasteiger partial charge in [0.25, 0.3) is 11.4 Å². The molecule has 0 atom stereocenters. The number of nitro groups is 2. The van der Waals surface area contributed by atoms with Gasteiger partial charge in [-0.15, -0.1) is 11.6 Å². The van der Waals surface area contributed by atoms with Crippen LogP contribution in [-0.2, 0) is 42.0 Å². The van der Waals surface area contributed by atoms with Crippen molar-refractivity contribution < 1.29 is 55.2 Å². The molecule has 2 N–H and O–H groups in total. The lowest BCUT2D eigenvalue weighted by Crippen LogP contribution is -2.65. The van der Waals surface area contributed by atoms with Crippen LogP contribution in [-0.4, -0.2) is 176 Å². The number of allylic oxidation sites excluding steroid dienone is 2. The van der Waals surface area contributed by atoms with Gasteiger partial charge in [-0.2, -0.15) is 0 Å². The molecule has 0 unspecified atom stereocenters. The Bertz CT molecular complexity index is 5630. The van der Waals surface area contributed by atoms with Crippen molar-refractivity contribution in [3.63, 3.8) is 0 Å². The van der Waals surface area contributed by atoms with Gasteiger partial charge >= 0.3 is 0 Å². The molecule has 12 aliphatic rings. The molecule has 10 fully saturated rings. The number of benzene rings is 4. The number of aromatic nitrogens is 4. The topological polar surface area (TPSA) is 296 Å². The molecule has 123 heavy (non-hydrogen) atoms. The van der Waals surface area contributed by atoms with E-state index in [1.807, 2.05) is 48.5 Å². The predicted molar refractivity (Wildman–Crippen MR) is 480 cm³/mol. The molecular formula is C96H119ClN10O14S2. The Balaban J connectivity index is 0.000000181. The summed E-state index contributed by atoms with van der Waals surface area (Å²) in [5.74, 6) is -0.265. The molecule has 0 spiro atoms. The fourth-order valence-electron chi connectivity index (χ4n) is 21.7. The van der Waals surface area contributed by atoms with Crippen molar-refractivity contribution in [3.05, 3.63) is 187 Å². The van der Waals surface area contributed by atoms with Crippen molar-refractivity contribution in [3.8, 4) is 23.0 Å². The zero-order chi connectivity index (χ0) is 85.3. The number of piperazine rings is 2. The molecule has 20 rings (SSSR count). The molecule has 8 heterocycles. The molecule has 4 aromatic heterocycles. The Labute approximate surface area is 727 Å². The average molecular weight is 1740 g/mol. The predicted octanol–water partition coefficient (Wildman–Crippen LogP) is 19.4. The molecule has 4 aromatic carbocycles.